The molecular formula is C15H14Cl2FNO2S. The summed E-state index contributed by atoms with van der Waals surface area (Å²) in [6.45, 7) is 1.72. The second-order valence-electron chi connectivity index (χ2n) is 4.82. The van der Waals surface area contributed by atoms with E-state index in [9.17, 15) is 12.8 Å². The molecule has 0 bridgehead atoms. The van der Waals surface area contributed by atoms with Gasteiger partial charge in [-0.25, -0.2) is 12.8 Å². The molecule has 0 aromatic heterocycles. The summed E-state index contributed by atoms with van der Waals surface area (Å²) in [7, 11) is -2.28. The third-order valence-electron chi connectivity index (χ3n) is 3.47. The first-order valence-electron chi connectivity index (χ1n) is 6.42. The maximum absolute atomic E-state index is 13.0. The minimum absolute atomic E-state index is 0.0540. The lowest BCUT2D eigenvalue weighted by Gasteiger charge is -2.25. The van der Waals surface area contributed by atoms with Crippen molar-refractivity contribution in [2.45, 2.75) is 17.9 Å². The minimum atomic E-state index is -3.74. The van der Waals surface area contributed by atoms with Crippen LogP contribution in [0.5, 0.6) is 0 Å². The van der Waals surface area contributed by atoms with E-state index in [1.54, 1.807) is 19.1 Å². The van der Waals surface area contributed by atoms with Crippen LogP contribution in [0.2, 0.25) is 10.0 Å². The molecule has 0 aliphatic heterocycles. The van der Waals surface area contributed by atoms with Gasteiger partial charge in [0.1, 0.15) is 5.82 Å². The van der Waals surface area contributed by atoms with E-state index in [1.807, 2.05) is 0 Å². The van der Waals surface area contributed by atoms with E-state index in [1.165, 1.54) is 41.7 Å². The van der Waals surface area contributed by atoms with Crippen LogP contribution in [0.1, 0.15) is 18.5 Å². The molecule has 0 spiro atoms. The van der Waals surface area contributed by atoms with Gasteiger partial charge < -0.3 is 0 Å². The van der Waals surface area contributed by atoms with Gasteiger partial charge in [-0.15, -0.1) is 0 Å². The highest BCUT2D eigenvalue weighted by Gasteiger charge is 2.26. The predicted octanol–water partition coefficient (Wildman–Crippen LogP) is 4.51. The molecule has 0 amide bonds. The molecule has 1 unspecified atom stereocenters. The molecule has 0 N–H and O–H groups in total. The third kappa shape index (κ3) is 3.43. The van der Waals surface area contributed by atoms with Crippen LogP contribution in [0.15, 0.2) is 47.4 Å². The number of hydrogen-bond acceptors (Lipinski definition) is 2. The summed E-state index contributed by atoms with van der Waals surface area (Å²) in [5, 5.41) is 0.459. The Bertz CT molecular complexity index is 779. The van der Waals surface area contributed by atoms with Gasteiger partial charge in [-0.05, 0) is 42.8 Å². The van der Waals surface area contributed by atoms with Gasteiger partial charge in [0.05, 0.1) is 14.9 Å². The highest BCUT2D eigenvalue weighted by Crippen LogP contribution is 2.29. The maximum atomic E-state index is 13.0. The number of sulfonamides is 1. The zero-order valence-corrected chi connectivity index (χ0v) is 14.3. The van der Waals surface area contributed by atoms with Crippen LogP contribution in [0.25, 0.3) is 0 Å². The first-order valence-corrected chi connectivity index (χ1v) is 8.61. The van der Waals surface area contributed by atoms with Crippen molar-refractivity contribution in [1.82, 2.24) is 4.31 Å². The molecule has 0 heterocycles. The van der Waals surface area contributed by atoms with Crippen molar-refractivity contribution in [2.75, 3.05) is 7.05 Å². The molecule has 0 radical (unpaired) electrons. The molecule has 7 heteroatoms. The van der Waals surface area contributed by atoms with Gasteiger partial charge in [-0.3, -0.25) is 0 Å². The molecule has 2 aromatic rings. The fourth-order valence-electron chi connectivity index (χ4n) is 1.96. The lowest BCUT2D eigenvalue weighted by molar-refractivity contribution is 0.398. The van der Waals surface area contributed by atoms with E-state index in [4.69, 9.17) is 23.2 Å². The smallest absolute Gasteiger partial charge is 0.207 e. The molecule has 2 rings (SSSR count). The first kappa shape index (κ1) is 17.2. The highest BCUT2D eigenvalue weighted by molar-refractivity contribution is 7.89. The summed E-state index contributed by atoms with van der Waals surface area (Å²) in [5.41, 5.74) is 0.688. The molecule has 118 valence electrons. The molecule has 2 aromatic carbocycles. The van der Waals surface area contributed by atoms with E-state index in [2.05, 4.69) is 0 Å². The zero-order chi connectivity index (χ0) is 16.5. The Labute approximate surface area is 139 Å². The Hall–Kier alpha value is -1.14. The lowest BCUT2D eigenvalue weighted by Crippen LogP contribution is -2.29. The fourth-order valence-corrected chi connectivity index (χ4v) is 3.70. The van der Waals surface area contributed by atoms with Gasteiger partial charge in [0, 0.05) is 13.1 Å². The summed E-state index contributed by atoms with van der Waals surface area (Å²) in [4.78, 5) is 0.0540. The van der Waals surface area contributed by atoms with Gasteiger partial charge in [0.15, 0.2) is 0 Å². The molecule has 0 fully saturated rings. The Kier molecular flexibility index (Phi) is 5.12. The molecule has 22 heavy (non-hydrogen) atoms. The van der Waals surface area contributed by atoms with E-state index >= 15 is 0 Å². The highest BCUT2D eigenvalue weighted by atomic mass is 35.5. The van der Waals surface area contributed by atoms with Gasteiger partial charge in [-0.2, -0.15) is 4.31 Å². The number of hydrogen-bond donors (Lipinski definition) is 0. The number of rotatable bonds is 4. The normalized spacial score (nSPS) is 13.4. The largest absolute Gasteiger partial charge is 0.243 e. The van der Waals surface area contributed by atoms with E-state index in [-0.39, 0.29) is 20.8 Å². The molecule has 0 aliphatic rings. The summed E-state index contributed by atoms with van der Waals surface area (Å²) in [6, 6.07) is 9.40. The van der Waals surface area contributed by atoms with Crippen molar-refractivity contribution in [2.24, 2.45) is 0 Å². The predicted molar refractivity (Wildman–Crippen MR) is 86.2 cm³/mol. The van der Waals surface area contributed by atoms with Crippen molar-refractivity contribution >= 4 is 33.2 Å². The van der Waals surface area contributed by atoms with Crippen molar-refractivity contribution < 1.29 is 12.8 Å². The number of benzene rings is 2. The quantitative estimate of drug-likeness (QED) is 0.802. The van der Waals surface area contributed by atoms with Gasteiger partial charge in [0.25, 0.3) is 0 Å². The number of nitrogens with zero attached hydrogens (tertiary/aromatic N) is 1. The summed E-state index contributed by atoms with van der Waals surface area (Å²) in [5.74, 6) is -0.369. The molecule has 0 saturated heterocycles. The Balaban J connectivity index is 2.35. The van der Waals surface area contributed by atoms with Crippen LogP contribution < -0.4 is 0 Å². The van der Waals surface area contributed by atoms with Crippen LogP contribution in [0.4, 0.5) is 4.39 Å². The Morgan fingerprint density at radius 2 is 1.64 bits per heavy atom. The SMILES string of the molecule is CC(c1ccc(F)cc1)N(C)S(=O)(=O)c1ccc(Cl)c(Cl)c1. The Morgan fingerprint density at radius 3 is 2.18 bits per heavy atom. The van der Waals surface area contributed by atoms with Crippen molar-refractivity contribution in [3.63, 3.8) is 0 Å². The van der Waals surface area contributed by atoms with E-state index < -0.39 is 16.1 Å². The van der Waals surface area contributed by atoms with Crippen LogP contribution in [0.3, 0.4) is 0 Å². The molecule has 3 nitrogen and oxygen atoms in total. The molecule has 0 saturated carbocycles. The average molecular weight is 362 g/mol. The van der Waals surface area contributed by atoms with Crippen LogP contribution in [-0.2, 0) is 10.0 Å². The van der Waals surface area contributed by atoms with Crippen molar-refractivity contribution in [3.05, 3.63) is 63.9 Å². The number of halogens is 3. The van der Waals surface area contributed by atoms with Crippen molar-refractivity contribution in [1.29, 1.82) is 0 Å². The first-order chi connectivity index (χ1) is 10.2. The zero-order valence-electron chi connectivity index (χ0n) is 11.9. The minimum Gasteiger partial charge on any atom is -0.207 e. The van der Waals surface area contributed by atoms with Gasteiger partial charge in [0.2, 0.25) is 10.0 Å². The summed E-state index contributed by atoms with van der Waals surface area (Å²) < 4.78 is 39.4. The van der Waals surface area contributed by atoms with Crippen LogP contribution in [-0.4, -0.2) is 19.8 Å². The summed E-state index contributed by atoms with van der Waals surface area (Å²) in [6.07, 6.45) is 0. The van der Waals surface area contributed by atoms with Crippen LogP contribution in [0, 0.1) is 5.82 Å². The topological polar surface area (TPSA) is 37.4 Å². The van der Waals surface area contributed by atoms with Gasteiger partial charge >= 0.3 is 0 Å². The lowest BCUT2D eigenvalue weighted by atomic mass is 10.1. The van der Waals surface area contributed by atoms with E-state index in [0.717, 1.165) is 0 Å². The maximum Gasteiger partial charge on any atom is 0.243 e. The molecule has 0 aliphatic carbocycles. The van der Waals surface area contributed by atoms with Crippen LogP contribution >= 0.6 is 23.2 Å². The van der Waals surface area contributed by atoms with Gasteiger partial charge in [-0.1, -0.05) is 35.3 Å². The van der Waals surface area contributed by atoms with Crippen molar-refractivity contribution in [3.8, 4) is 0 Å². The molecule has 1 atom stereocenters. The summed E-state index contributed by atoms with van der Waals surface area (Å²) >= 11 is 11.7. The van der Waals surface area contributed by atoms with E-state index in [0.29, 0.717) is 5.56 Å². The third-order valence-corrected chi connectivity index (χ3v) is 6.13. The standard InChI is InChI=1S/C15H14Cl2FNO2S/c1-10(11-3-5-12(18)6-4-11)19(2)22(20,21)13-7-8-14(16)15(17)9-13/h3-10H,1-2H3. The average Bonchev–Trinajstić information content (AvgIpc) is 2.49. The second-order valence-corrected chi connectivity index (χ2v) is 7.64. The second kappa shape index (κ2) is 6.54. The molecular weight excluding hydrogens is 348 g/mol. The fraction of sp³-hybridized carbons (Fsp3) is 0.200. The Morgan fingerprint density at radius 1 is 1.05 bits per heavy atom. The monoisotopic (exact) mass is 361 g/mol.